The summed E-state index contributed by atoms with van der Waals surface area (Å²) in [5, 5.41) is 29.5. The molecule has 0 fully saturated rings. The molecule has 0 N–H and O–H groups in total. The van der Waals surface area contributed by atoms with Gasteiger partial charge in [-0.15, -0.1) is 0 Å². The van der Waals surface area contributed by atoms with E-state index in [0.29, 0.717) is 0 Å². The maximum atomic E-state index is 8.25. The Morgan fingerprint density at radius 3 is 1.20 bits per heavy atom. The number of aryl methyl sites for hydroxylation is 2. The first-order chi connectivity index (χ1) is 11.1. The predicted octanol–water partition coefficient (Wildman–Crippen LogP) is 2.10. The SMILES string of the molecule is C=Cn1ccnc1C.C=Cn1ccnc1C.O=[N+]([O-])[O-].O=[N+]([O-])[O-].[Cu+2]. The molecule has 25 heavy (non-hydrogen) atoms. The second-order valence-corrected chi connectivity index (χ2v) is 3.58. The zero-order valence-electron chi connectivity index (χ0n) is 13.3. The summed E-state index contributed by atoms with van der Waals surface area (Å²) in [5.74, 6) is 1.94. The second-order valence-electron chi connectivity index (χ2n) is 3.58. The molecule has 0 aliphatic carbocycles. The normalized spacial score (nSPS) is 7.76. The molecule has 1 radical (unpaired) electrons. The van der Waals surface area contributed by atoms with Gasteiger partial charge in [0.1, 0.15) is 11.6 Å². The van der Waals surface area contributed by atoms with Gasteiger partial charge in [0, 0.05) is 37.2 Å². The van der Waals surface area contributed by atoms with E-state index in [2.05, 4.69) is 23.1 Å². The van der Waals surface area contributed by atoms with E-state index < -0.39 is 10.2 Å². The van der Waals surface area contributed by atoms with Crippen molar-refractivity contribution in [2.24, 2.45) is 0 Å². The van der Waals surface area contributed by atoms with E-state index in [0.717, 1.165) is 11.6 Å². The fourth-order valence-electron chi connectivity index (χ4n) is 1.16. The molecule has 2 aromatic rings. The van der Waals surface area contributed by atoms with E-state index in [1.54, 1.807) is 24.8 Å². The summed E-state index contributed by atoms with van der Waals surface area (Å²) in [6.45, 7) is 11.0. The Morgan fingerprint density at radius 1 is 0.880 bits per heavy atom. The van der Waals surface area contributed by atoms with Crippen molar-refractivity contribution in [1.82, 2.24) is 19.1 Å². The van der Waals surface area contributed by atoms with Crippen molar-refractivity contribution < 1.29 is 27.2 Å². The summed E-state index contributed by atoms with van der Waals surface area (Å²) in [5.41, 5.74) is 0. The van der Waals surface area contributed by atoms with Crippen LogP contribution in [0.2, 0.25) is 0 Å². The molecule has 2 aromatic heterocycles. The molecule has 0 aliphatic rings. The van der Waals surface area contributed by atoms with Crippen molar-refractivity contribution in [2.45, 2.75) is 13.8 Å². The van der Waals surface area contributed by atoms with E-state index in [1.165, 1.54) is 0 Å². The number of nitrogens with zero attached hydrogens (tertiary/aromatic N) is 6. The maximum Gasteiger partial charge on any atom is 2.00 e. The van der Waals surface area contributed by atoms with Crippen LogP contribution in [0.3, 0.4) is 0 Å². The van der Waals surface area contributed by atoms with Crippen molar-refractivity contribution in [3.05, 3.63) is 80.2 Å². The van der Waals surface area contributed by atoms with Crippen LogP contribution in [-0.2, 0) is 17.1 Å². The average molecular weight is 404 g/mol. The minimum atomic E-state index is -1.75. The number of hydrogen-bond donors (Lipinski definition) is 0. The topological polar surface area (TPSA) is 168 Å². The van der Waals surface area contributed by atoms with Crippen LogP contribution in [0.15, 0.2) is 37.9 Å². The Balaban J connectivity index is -0.000000270. The standard InChI is InChI=1S/2C6H8N2.Cu.2NO3/c2*1-3-8-5-4-7-6(8)2;;2*2-1(3)4/h2*3-5H,1H2,2H3;;;/q;;+2;2*-1. The maximum absolute atomic E-state index is 8.25. The van der Waals surface area contributed by atoms with Crippen molar-refractivity contribution in [3.8, 4) is 0 Å². The van der Waals surface area contributed by atoms with Gasteiger partial charge in [-0.25, -0.2) is 9.97 Å². The first-order valence-electron chi connectivity index (χ1n) is 6.02. The number of aromatic nitrogens is 4. The minimum absolute atomic E-state index is 0. The zero-order valence-corrected chi connectivity index (χ0v) is 14.3. The van der Waals surface area contributed by atoms with E-state index in [9.17, 15) is 0 Å². The third kappa shape index (κ3) is 17.0. The van der Waals surface area contributed by atoms with Crippen LogP contribution in [0.5, 0.6) is 0 Å². The van der Waals surface area contributed by atoms with Gasteiger partial charge in [0.2, 0.25) is 0 Å². The zero-order chi connectivity index (χ0) is 19.1. The average Bonchev–Trinajstić information content (AvgIpc) is 3.06. The Labute approximate surface area is 153 Å². The first-order valence-corrected chi connectivity index (χ1v) is 6.02. The van der Waals surface area contributed by atoms with Crippen LogP contribution in [-0.4, -0.2) is 29.3 Å². The molecule has 12 nitrogen and oxygen atoms in total. The van der Waals surface area contributed by atoms with Gasteiger partial charge < -0.3 is 39.8 Å². The molecule has 0 spiro atoms. The quantitative estimate of drug-likeness (QED) is 0.417. The molecule has 0 amide bonds. The molecule has 0 saturated carbocycles. The summed E-state index contributed by atoms with van der Waals surface area (Å²) in [4.78, 5) is 24.5. The molecule has 2 rings (SSSR count). The fourth-order valence-corrected chi connectivity index (χ4v) is 1.16. The van der Waals surface area contributed by atoms with Crippen LogP contribution in [0.4, 0.5) is 0 Å². The molecule has 0 aromatic carbocycles. The fraction of sp³-hybridized carbons (Fsp3) is 0.167. The summed E-state index contributed by atoms with van der Waals surface area (Å²) in [6.07, 6.45) is 10.7. The van der Waals surface area contributed by atoms with Crippen LogP contribution in [0.1, 0.15) is 11.6 Å². The molecule has 0 unspecified atom stereocenters. The Hall–Kier alpha value is -3.18. The van der Waals surface area contributed by atoms with E-state index in [1.807, 2.05) is 35.4 Å². The molecular weight excluding hydrogens is 388 g/mol. The Kier molecular flexibility index (Phi) is 16.8. The summed E-state index contributed by atoms with van der Waals surface area (Å²) < 4.78 is 3.72. The van der Waals surface area contributed by atoms with E-state index >= 15 is 0 Å². The summed E-state index contributed by atoms with van der Waals surface area (Å²) in [6, 6.07) is 0. The molecular formula is C12H16CuN6O6. The number of hydrogen-bond acceptors (Lipinski definition) is 8. The van der Waals surface area contributed by atoms with Gasteiger partial charge >= 0.3 is 17.1 Å². The monoisotopic (exact) mass is 403 g/mol. The molecule has 141 valence electrons. The first kappa shape index (κ1) is 26.7. The largest absolute Gasteiger partial charge is 2.00 e. The van der Waals surface area contributed by atoms with Crippen LogP contribution >= 0.6 is 0 Å². The number of rotatable bonds is 2. The van der Waals surface area contributed by atoms with Gasteiger partial charge in [-0.1, -0.05) is 13.2 Å². The van der Waals surface area contributed by atoms with Crippen LogP contribution in [0, 0.1) is 44.5 Å². The van der Waals surface area contributed by atoms with Gasteiger partial charge in [0.25, 0.3) is 0 Å². The van der Waals surface area contributed by atoms with Gasteiger partial charge in [0.15, 0.2) is 0 Å². The van der Waals surface area contributed by atoms with Crippen molar-refractivity contribution in [2.75, 3.05) is 0 Å². The molecule has 0 atom stereocenters. The van der Waals surface area contributed by atoms with Crippen LogP contribution < -0.4 is 0 Å². The molecule has 0 aliphatic heterocycles. The van der Waals surface area contributed by atoms with Crippen molar-refractivity contribution in [3.63, 3.8) is 0 Å². The van der Waals surface area contributed by atoms with Gasteiger partial charge in [-0.3, -0.25) is 0 Å². The van der Waals surface area contributed by atoms with Gasteiger partial charge in [-0.05, 0) is 13.8 Å². The molecule has 0 bridgehead atoms. The van der Waals surface area contributed by atoms with Crippen LogP contribution in [0.25, 0.3) is 12.4 Å². The minimum Gasteiger partial charge on any atom is -0.356 e. The van der Waals surface area contributed by atoms with Crippen molar-refractivity contribution in [1.29, 1.82) is 0 Å². The van der Waals surface area contributed by atoms with E-state index in [4.69, 9.17) is 30.6 Å². The third-order valence-corrected chi connectivity index (χ3v) is 2.12. The van der Waals surface area contributed by atoms with E-state index in [-0.39, 0.29) is 17.1 Å². The summed E-state index contributed by atoms with van der Waals surface area (Å²) in [7, 11) is 0. The smallest absolute Gasteiger partial charge is 0.356 e. The predicted molar refractivity (Wildman–Crippen MR) is 87.4 cm³/mol. The van der Waals surface area contributed by atoms with Gasteiger partial charge in [0.05, 0.1) is 10.2 Å². The third-order valence-electron chi connectivity index (χ3n) is 2.12. The molecule has 13 heteroatoms. The van der Waals surface area contributed by atoms with Crippen molar-refractivity contribution >= 4 is 12.4 Å². The van der Waals surface area contributed by atoms with Gasteiger partial charge in [-0.2, -0.15) is 0 Å². The Morgan fingerprint density at radius 2 is 1.12 bits per heavy atom. The number of imidazole rings is 2. The Bertz CT molecular complexity index is 592. The molecule has 2 heterocycles. The summed E-state index contributed by atoms with van der Waals surface area (Å²) >= 11 is 0. The molecule has 0 saturated heterocycles. The second kappa shape index (κ2) is 15.7.